The van der Waals surface area contributed by atoms with Gasteiger partial charge in [-0.25, -0.2) is 4.79 Å². The Bertz CT molecular complexity index is 1160. The number of aromatic nitrogens is 1. The Kier molecular flexibility index (Phi) is 6.94. The van der Waals surface area contributed by atoms with Crippen molar-refractivity contribution in [3.05, 3.63) is 87.7 Å². The fourth-order valence-electron chi connectivity index (χ4n) is 4.72. The molecule has 4 rings (SSSR count). The molecule has 1 unspecified atom stereocenters. The molecule has 33 heavy (non-hydrogen) atoms. The molecule has 6 nitrogen and oxygen atoms in total. The van der Waals surface area contributed by atoms with Crippen LogP contribution in [0.1, 0.15) is 34.8 Å². The Labute approximate surface area is 194 Å². The SMILES string of the molecule is CCc1cc(C(=O)O)c(=O)[nH]c1-c1ccc(N2CCC(CN(C)Cc3ccccc3)C2)cc1. The number of carboxylic acids is 1. The number of carboxylic acid groups (broad SMARTS) is 1. The van der Waals surface area contributed by atoms with Crippen LogP contribution in [-0.4, -0.2) is 47.6 Å². The van der Waals surface area contributed by atoms with Crippen LogP contribution >= 0.6 is 0 Å². The quantitative estimate of drug-likeness (QED) is 0.542. The average molecular weight is 446 g/mol. The first-order valence-electron chi connectivity index (χ1n) is 11.5. The van der Waals surface area contributed by atoms with Crippen LogP contribution in [0, 0.1) is 5.92 Å². The van der Waals surface area contributed by atoms with Gasteiger partial charge in [0, 0.05) is 31.9 Å². The lowest BCUT2D eigenvalue weighted by molar-refractivity contribution is 0.0695. The number of anilines is 1. The summed E-state index contributed by atoms with van der Waals surface area (Å²) in [6, 6.07) is 20.3. The maximum atomic E-state index is 12.2. The minimum Gasteiger partial charge on any atom is -0.477 e. The second-order valence-electron chi connectivity index (χ2n) is 8.90. The summed E-state index contributed by atoms with van der Waals surface area (Å²) in [5.41, 5.74) is 4.14. The average Bonchev–Trinajstić information content (AvgIpc) is 3.27. The maximum Gasteiger partial charge on any atom is 0.341 e. The molecule has 0 amide bonds. The first kappa shape index (κ1) is 22.8. The van der Waals surface area contributed by atoms with Crippen molar-refractivity contribution >= 4 is 11.7 Å². The molecule has 1 aromatic heterocycles. The van der Waals surface area contributed by atoms with E-state index in [1.54, 1.807) is 0 Å². The van der Waals surface area contributed by atoms with Crippen LogP contribution in [-0.2, 0) is 13.0 Å². The monoisotopic (exact) mass is 445 g/mol. The Hall–Kier alpha value is -3.38. The Morgan fingerprint density at radius 3 is 2.55 bits per heavy atom. The molecular weight excluding hydrogens is 414 g/mol. The lowest BCUT2D eigenvalue weighted by atomic mass is 10.0. The van der Waals surface area contributed by atoms with Gasteiger partial charge in [0.2, 0.25) is 0 Å². The summed E-state index contributed by atoms with van der Waals surface area (Å²) in [6.45, 7) is 6.05. The molecule has 172 valence electrons. The van der Waals surface area contributed by atoms with Crippen molar-refractivity contribution < 1.29 is 9.90 Å². The molecular formula is C27H31N3O3. The van der Waals surface area contributed by atoms with E-state index < -0.39 is 11.5 Å². The van der Waals surface area contributed by atoms with E-state index in [-0.39, 0.29) is 5.56 Å². The molecule has 0 saturated carbocycles. The second kappa shape index (κ2) is 10.0. The van der Waals surface area contributed by atoms with Crippen molar-refractivity contribution in [1.82, 2.24) is 9.88 Å². The molecule has 6 heteroatoms. The molecule has 2 N–H and O–H groups in total. The van der Waals surface area contributed by atoms with Crippen molar-refractivity contribution in [1.29, 1.82) is 0 Å². The molecule has 0 bridgehead atoms. The van der Waals surface area contributed by atoms with Gasteiger partial charge in [-0.2, -0.15) is 0 Å². The number of hydrogen-bond donors (Lipinski definition) is 2. The molecule has 2 aromatic carbocycles. The van der Waals surface area contributed by atoms with Gasteiger partial charge in [0.25, 0.3) is 5.56 Å². The van der Waals surface area contributed by atoms with Gasteiger partial charge < -0.3 is 19.9 Å². The second-order valence-corrected chi connectivity index (χ2v) is 8.90. The largest absolute Gasteiger partial charge is 0.477 e. The van der Waals surface area contributed by atoms with Crippen molar-refractivity contribution in [3.63, 3.8) is 0 Å². The van der Waals surface area contributed by atoms with E-state index in [1.807, 2.05) is 19.1 Å². The van der Waals surface area contributed by atoms with Crippen molar-refractivity contribution in [2.75, 3.05) is 31.6 Å². The fourth-order valence-corrected chi connectivity index (χ4v) is 4.72. The highest BCUT2D eigenvalue weighted by Crippen LogP contribution is 2.28. The van der Waals surface area contributed by atoms with Crippen LogP contribution < -0.4 is 10.5 Å². The maximum absolute atomic E-state index is 12.2. The van der Waals surface area contributed by atoms with Crippen LogP contribution in [0.3, 0.4) is 0 Å². The summed E-state index contributed by atoms with van der Waals surface area (Å²) in [6.07, 6.45) is 1.81. The first-order valence-corrected chi connectivity index (χ1v) is 11.5. The highest BCUT2D eigenvalue weighted by molar-refractivity contribution is 5.88. The molecule has 0 aliphatic carbocycles. The van der Waals surface area contributed by atoms with E-state index in [9.17, 15) is 14.7 Å². The summed E-state index contributed by atoms with van der Waals surface area (Å²) in [5.74, 6) is -0.573. The van der Waals surface area contributed by atoms with Crippen LogP contribution in [0.2, 0.25) is 0 Å². The number of benzene rings is 2. The van der Waals surface area contributed by atoms with Gasteiger partial charge in [-0.15, -0.1) is 0 Å². The van der Waals surface area contributed by atoms with E-state index in [1.165, 1.54) is 23.7 Å². The fraction of sp³-hybridized carbons (Fsp3) is 0.333. The van der Waals surface area contributed by atoms with E-state index in [4.69, 9.17) is 0 Å². The van der Waals surface area contributed by atoms with Gasteiger partial charge in [0.15, 0.2) is 0 Å². The zero-order valence-electron chi connectivity index (χ0n) is 19.3. The number of aromatic amines is 1. The minimum atomic E-state index is -1.20. The number of H-pyrrole nitrogens is 1. The van der Waals surface area contributed by atoms with E-state index >= 15 is 0 Å². The van der Waals surface area contributed by atoms with Gasteiger partial charge in [-0.1, -0.05) is 49.4 Å². The third-order valence-electron chi connectivity index (χ3n) is 6.41. The summed E-state index contributed by atoms with van der Waals surface area (Å²) >= 11 is 0. The number of nitrogens with one attached hydrogen (secondary N) is 1. The summed E-state index contributed by atoms with van der Waals surface area (Å²) in [4.78, 5) is 31.1. The van der Waals surface area contributed by atoms with Crippen LogP contribution in [0.25, 0.3) is 11.3 Å². The molecule has 1 aliphatic heterocycles. The Morgan fingerprint density at radius 2 is 1.88 bits per heavy atom. The minimum absolute atomic E-state index is 0.215. The number of carbonyl (C=O) groups is 1. The topological polar surface area (TPSA) is 76.6 Å². The number of aromatic carboxylic acids is 1. The summed E-state index contributed by atoms with van der Waals surface area (Å²) < 4.78 is 0. The van der Waals surface area contributed by atoms with Gasteiger partial charge in [0.05, 0.1) is 5.69 Å². The predicted octanol–water partition coefficient (Wildman–Crippen LogP) is 4.26. The normalized spacial score (nSPS) is 15.8. The van der Waals surface area contributed by atoms with Gasteiger partial charge in [0.1, 0.15) is 5.56 Å². The number of nitrogens with zero attached hydrogens (tertiary/aromatic N) is 2. The Balaban J connectivity index is 1.41. The molecule has 1 saturated heterocycles. The van der Waals surface area contributed by atoms with Crippen LogP contribution in [0.15, 0.2) is 65.5 Å². The smallest absolute Gasteiger partial charge is 0.341 e. The third-order valence-corrected chi connectivity index (χ3v) is 6.41. The first-order chi connectivity index (χ1) is 15.9. The van der Waals surface area contributed by atoms with Crippen molar-refractivity contribution in [2.24, 2.45) is 5.92 Å². The van der Waals surface area contributed by atoms with E-state index in [0.717, 1.165) is 37.3 Å². The number of hydrogen-bond acceptors (Lipinski definition) is 4. The molecule has 0 radical (unpaired) electrons. The number of aryl methyl sites for hydroxylation is 1. The molecule has 0 spiro atoms. The number of pyridine rings is 1. The zero-order valence-corrected chi connectivity index (χ0v) is 19.3. The molecule has 1 atom stereocenters. The van der Waals surface area contributed by atoms with Gasteiger partial charge in [-0.05, 0) is 60.7 Å². The lowest BCUT2D eigenvalue weighted by Crippen LogP contribution is -2.28. The van der Waals surface area contributed by atoms with Crippen molar-refractivity contribution in [3.8, 4) is 11.3 Å². The Morgan fingerprint density at radius 1 is 1.15 bits per heavy atom. The van der Waals surface area contributed by atoms with Crippen LogP contribution in [0.4, 0.5) is 5.69 Å². The summed E-state index contributed by atoms with van der Waals surface area (Å²) in [5, 5.41) is 9.23. The number of rotatable bonds is 8. The zero-order chi connectivity index (χ0) is 23.4. The van der Waals surface area contributed by atoms with Crippen molar-refractivity contribution in [2.45, 2.75) is 26.3 Å². The van der Waals surface area contributed by atoms with Gasteiger partial charge >= 0.3 is 5.97 Å². The molecule has 1 fully saturated rings. The standard InChI is InChI=1S/C27H31N3O3/c1-3-21-15-24(27(32)33)26(31)28-25(21)22-9-11-23(12-10-22)30-14-13-20(18-30)17-29(2)16-19-7-5-4-6-8-19/h4-12,15,20H,3,13-14,16-18H2,1-2H3,(H,28,31)(H,32,33). The molecule has 3 aromatic rings. The molecule has 2 heterocycles. The van der Waals surface area contributed by atoms with E-state index in [2.05, 4.69) is 64.3 Å². The summed E-state index contributed by atoms with van der Waals surface area (Å²) in [7, 11) is 2.19. The third kappa shape index (κ3) is 5.34. The lowest BCUT2D eigenvalue weighted by Gasteiger charge is -2.23. The van der Waals surface area contributed by atoms with E-state index in [0.29, 0.717) is 18.0 Å². The highest BCUT2D eigenvalue weighted by atomic mass is 16.4. The predicted molar refractivity (Wildman–Crippen MR) is 132 cm³/mol. The highest BCUT2D eigenvalue weighted by Gasteiger charge is 2.24. The van der Waals surface area contributed by atoms with Gasteiger partial charge in [-0.3, -0.25) is 4.79 Å². The van der Waals surface area contributed by atoms with Crippen LogP contribution in [0.5, 0.6) is 0 Å². The molecule has 1 aliphatic rings.